The minimum Gasteiger partial charge on any atom is -0.454 e. The summed E-state index contributed by atoms with van der Waals surface area (Å²) in [6.07, 6.45) is -3.24. The maximum absolute atomic E-state index is 13.8. The zero-order valence-electron chi connectivity index (χ0n) is 24.4. The van der Waals surface area contributed by atoms with E-state index in [0.29, 0.717) is 30.1 Å². The van der Waals surface area contributed by atoms with Crippen LogP contribution in [0.4, 0.5) is 9.59 Å². The molecule has 14 nitrogen and oxygen atoms in total. The first kappa shape index (κ1) is 31.8. The molecule has 0 aromatic heterocycles. The van der Waals surface area contributed by atoms with Crippen LogP contribution in [0.15, 0.2) is 47.4 Å². The maximum atomic E-state index is 13.8. The van der Waals surface area contributed by atoms with E-state index in [1.54, 1.807) is 12.1 Å². The molecule has 0 bridgehead atoms. The normalized spacial score (nSPS) is 22.1. The molecule has 3 aliphatic heterocycles. The molecule has 5 atom stereocenters. The van der Waals surface area contributed by atoms with Crippen LogP contribution < -0.4 is 25.3 Å². The van der Waals surface area contributed by atoms with E-state index in [4.69, 9.17) is 34.2 Å². The molecule has 2 saturated heterocycles. The summed E-state index contributed by atoms with van der Waals surface area (Å²) in [6, 6.07) is 9.71. The Hall–Kier alpha value is -3.63. The van der Waals surface area contributed by atoms with Crippen molar-refractivity contribution >= 4 is 22.2 Å². The molecular weight excluding hydrogens is 598 g/mol. The second-order valence-corrected chi connectivity index (χ2v) is 13.2. The third-order valence-corrected chi connectivity index (χ3v) is 9.38. The van der Waals surface area contributed by atoms with Crippen molar-refractivity contribution in [2.45, 2.75) is 56.1 Å². The van der Waals surface area contributed by atoms with Gasteiger partial charge < -0.3 is 44.6 Å². The lowest BCUT2D eigenvalue weighted by atomic mass is 10.0. The third kappa shape index (κ3) is 7.53. The number of carbonyl (C=O) groups is 2. The first-order chi connectivity index (χ1) is 21.0. The number of amides is 2. The van der Waals surface area contributed by atoms with E-state index < -0.39 is 46.7 Å². The number of ether oxygens (including phenoxy) is 6. The number of hydrogen-bond donors (Lipinski definition) is 3. The van der Waals surface area contributed by atoms with E-state index >= 15 is 0 Å². The molecule has 240 valence electrons. The van der Waals surface area contributed by atoms with E-state index in [-0.39, 0.29) is 55.4 Å². The molecule has 2 amide bonds. The fourth-order valence-corrected chi connectivity index (χ4v) is 7.06. The Kier molecular flexibility index (Phi) is 9.80. The monoisotopic (exact) mass is 635 g/mol. The number of nitrogens with two attached hydrogens (primary N) is 1. The average molecular weight is 636 g/mol. The van der Waals surface area contributed by atoms with Crippen LogP contribution in [-0.2, 0) is 30.7 Å². The van der Waals surface area contributed by atoms with Gasteiger partial charge in [-0.25, -0.2) is 18.0 Å². The molecule has 5 unspecified atom stereocenters. The van der Waals surface area contributed by atoms with Gasteiger partial charge in [0.2, 0.25) is 16.8 Å². The number of hydrogen-bond acceptors (Lipinski definition) is 11. The standard InChI is InChI=1S/C29H37N3O11S/c1-17(2)13-32(44(36,37)20-7-8-24-25(12-20)41-16-40-24)14-23(33)22(11-18-3-5-19(6-4-18)42-28(30)34)31-29(35)43-26-15-39-27-21(26)9-10-38-27/h3-8,12,17,21-23,26-27,33H,9-11,13-16H2,1-2H3,(H2,30,34)(H,31,35). The van der Waals surface area contributed by atoms with E-state index in [0.717, 1.165) is 0 Å². The summed E-state index contributed by atoms with van der Waals surface area (Å²) in [4.78, 5) is 24.2. The molecule has 0 aliphatic carbocycles. The van der Waals surface area contributed by atoms with Crippen LogP contribution in [0.25, 0.3) is 0 Å². The molecule has 4 N–H and O–H groups in total. The molecule has 3 heterocycles. The molecular formula is C29H37N3O11S. The summed E-state index contributed by atoms with van der Waals surface area (Å²) < 4.78 is 61.1. The molecule has 2 aromatic carbocycles. The number of carbonyl (C=O) groups excluding carboxylic acids is 2. The van der Waals surface area contributed by atoms with Crippen LogP contribution in [0.5, 0.6) is 17.2 Å². The molecule has 5 rings (SSSR count). The SMILES string of the molecule is CC(C)CN(CC(O)C(Cc1ccc(OC(N)=O)cc1)NC(=O)OC1COC2OCCC12)S(=O)(=O)c1ccc2c(c1)OCO2. The van der Waals surface area contributed by atoms with Gasteiger partial charge in [0.1, 0.15) is 11.9 Å². The lowest BCUT2D eigenvalue weighted by Gasteiger charge is -2.31. The second kappa shape index (κ2) is 13.6. The summed E-state index contributed by atoms with van der Waals surface area (Å²) in [7, 11) is -4.09. The van der Waals surface area contributed by atoms with Crippen LogP contribution in [0, 0.1) is 11.8 Å². The number of aliphatic hydroxyl groups is 1. The highest BCUT2D eigenvalue weighted by atomic mass is 32.2. The predicted molar refractivity (Wildman–Crippen MR) is 154 cm³/mol. The van der Waals surface area contributed by atoms with Gasteiger partial charge in [0.05, 0.1) is 36.2 Å². The number of benzene rings is 2. The van der Waals surface area contributed by atoms with E-state index in [1.807, 2.05) is 13.8 Å². The van der Waals surface area contributed by atoms with Gasteiger partial charge in [0, 0.05) is 19.2 Å². The summed E-state index contributed by atoms with van der Waals surface area (Å²) in [5.41, 5.74) is 5.74. The second-order valence-electron chi connectivity index (χ2n) is 11.3. The van der Waals surface area contributed by atoms with Gasteiger partial charge in [-0.3, -0.25) is 0 Å². The Morgan fingerprint density at radius 3 is 2.57 bits per heavy atom. The van der Waals surface area contributed by atoms with Crippen molar-refractivity contribution in [1.29, 1.82) is 0 Å². The molecule has 0 radical (unpaired) electrons. The van der Waals surface area contributed by atoms with Crippen molar-refractivity contribution in [2.24, 2.45) is 17.6 Å². The van der Waals surface area contributed by atoms with Crippen molar-refractivity contribution in [3.8, 4) is 17.2 Å². The van der Waals surface area contributed by atoms with Gasteiger partial charge in [-0.1, -0.05) is 26.0 Å². The van der Waals surface area contributed by atoms with Crippen molar-refractivity contribution in [2.75, 3.05) is 33.1 Å². The topological polar surface area (TPSA) is 185 Å². The zero-order chi connectivity index (χ0) is 31.4. The zero-order valence-corrected chi connectivity index (χ0v) is 25.2. The largest absolute Gasteiger partial charge is 0.454 e. The Morgan fingerprint density at radius 1 is 1.09 bits per heavy atom. The third-order valence-electron chi connectivity index (χ3n) is 7.55. The number of aliphatic hydroxyl groups excluding tert-OH is 1. The highest BCUT2D eigenvalue weighted by Gasteiger charge is 2.44. The van der Waals surface area contributed by atoms with Gasteiger partial charge in [-0.2, -0.15) is 4.31 Å². The minimum atomic E-state index is -4.09. The van der Waals surface area contributed by atoms with Crippen LogP contribution in [0.3, 0.4) is 0 Å². The smallest absolute Gasteiger partial charge is 0.409 e. The predicted octanol–water partition coefficient (Wildman–Crippen LogP) is 1.98. The quantitative estimate of drug-likeness (QED) is 0.310. The number of nitrogens with one attached hydrogen (secondary N) is 1. The highest BCUT2D eigenvalue weighted by Crippen LogP contribution is 2.35. The lowest BCUT2D eigenvalue weighted by molar-refractivity contribution is -0.0907. The Morgan fingerprint density at radius 2 is 1.84 bits per heavy atom. The molecule has 15 heteroatoms. The Balaban J connectivity index is 1.35. The van der Waals surface area contributed by atoms with Crippen molar-refractivity contribution in [1.82, 2.24) is 9.62 Å². The summed E-state index contributed by atoms with van der Waals surface area (Å²) in [5, 5.41) is 14.2. The van der Waals surface area contributed by atoms with E-state index in [9.17, 15) is 23.1 Å². The van der Waals surface area contributed by atoms with E-state index in [1.165, 1.54) is 34.6 Å². The molecule has 3 aliphatic rings. The summed E-state index contributed by atoms with van der Waals surface area (Å²) in [6.45, 7) is 4.20. The Labute approximate surface area is 255 Å². The number of sulfonamides is 1. The maximum Gasteiger partial charge on any atom is 0.409 e. The molecule has 0 spiro atoms. The number of fused-ring (bicyclic) bond motifs is 2. The lowest BCUT2D eigenvalue weighted by Crippen LogP contribution is -2.51. The van der Waals surface area contributed by atoms with Crippen LogP contribution >= 0.6 is 0 Å². The number of alkyl carbamates (subject to hydrolysis) is 1. The van der Waals surface area contributed by atoms with Crippen LogP contribution in [0.2, 0.25) is 0 Å². The Bertz CT molecular complexity index is 1440. The van der Waals surface area contributed by atoms with Crippen molar-refractivity contribution in [3.05, 3.63) is 48.0 Å². The number of rotatable bonds is 12. The van der Waals surface area contributed by atoms with Gasteiger partial charge in [-0.15, -0.1) is 0 Å². The molecule has 2 aromatic rings. The van der Waals surface area contributed by atoms with Gasteiger partial charge in [0.25, 0.3) is 0 Å². The van der Waals surface area contributed by atoms with Crippen molar-refractivity contribution < 1.29 is 51.5 Å². The average Bonchev–Trinajstić information content (AvgIpc) is 3.71. The van der Waals surface area contributed by atoms with Gasteiger partial charge >= 0.3 is 12.2 Å². The molecule has 2 fully saturated rings. The first-order valence-corrected chi connectivity index (χ1v) is 15.8. The van der Waals surface area contributed by atoms with E-state index in [2.05, 4.69) is 5.32 Å². The fraction of sp³-hybridized carbons (Fsp3) is 0.517. The number of nitrogens with zero attached hydrogens (tertiary/aromatic N) is 1. The molecule has 0 saturated carbocycles. The summed E-state index contributed by atoms with van der Waals surface area (Å²) >= 11 is 0. The summed E-state index contributed by atoms with van der Waals surface area (Å²) in [5.74, 6) is 0.808. The molecule has 44 heavy (non-hydrogen) atoms. The number of primary amides is 1. The minimum absolute atomic E-state index is 0.00620. The highest BCUT2D eigenvalue weighted by molar-refractivity contribution is 7.89. The van der Waals surface area contributed by atoms with Crippen molar-refractivity contribution in [3.63, 3.8) is 0 Å². The fourth-order valence-electron chi connectivity index (χ4n) is 5.42. The first-order valence-electron chi connectivity index (χ1n) is 14.3. The van der Waals surface area contributed by atoms with Gasteiger partial charge in [0.15, 0.2) is 17.8 Å². The van der Waals surface area contributed by atoms with Crippen LogP contribution in [-0.4, -0.2) is 87.7 Å². The van der Waals surface area contributed by atoms with Crippen LogP contribution in [0.1, 0.15) is 25.8 Å². The van der Waals surface area contributed by atoms with Gasteiger partial charge in [-0.05, 0) is 48.6 Å².